The summed E-state index contributed by atoms with van der Waals surface area (Å²) in [6.07, 6.45) is 2.60. The van der Waals surface area contributed by atoms with Crippen LogP contribution in [0.5, 0.6) is 0 Å². The third-order valence-electron chi connectivity index (χ3n) is 3.30. The molecule has 0 fully saturated rings. The second-order valence-electron chi connectivity index (χ2n) is 5.15. The molecular formula is C16H16N2O4S. The Morgan fingerprint density at radius 1 is 1.43 bits per heavy atom. The van der Waals surface area contributed by atoms with Crippen LogP contribution < -0.4 is 5.32 Å². The van der Waals surface area contributed by atoms with E-state index in [0.717, 1.165) is 5.56 Å². The van der Waals surface area contributed by atoms with Gasteiger partial charge >= 0.3 is 0 Å². The largest absolute Gasteiger partial charge is 0.384 e. The van der Waals surface area contributed by atoms with Gasteiger partial charge in [-0.05, 0) is 41.5 Å². The maximum absolute atomic E-state index is 11.8. The molecule has 120 valence electrons. The lowest BCUT2D eigenvalue weighted by Crippen LogP contribution is -2.37. The molecule has 2 rings (SSSR count). The molecule has 1 heterocycles. The molecular weight excluding hydrogens is 316 g/mol. The van der Waals surface area contributed by atoms with Crippen molar-refractivity contribution in [2.75, 3.05) is 6.54 Å². The number of carbonyl (C=O) groups is 1. The fraction of sp³-hybridized carbons (Fsp3) is 0.188. The molecule has 2 aromatic rings. The first-order chi connectivity index (χ1) is 10.9. The predicted molar refractivity (Wildman–Crippen MR) is 89.0 cm³/mol. The van der Waals surface area contributed by atoms with Crippen LogP contribution in [0, 0.1) is 10.1 Å². The number of hydrogen-bond acceptors (Lipinski definition) is 5. The van der Waals surface area contributed by atoms with Gasteiger partial charge in [-0.3, -0.25) is 14.9 Å². The smallest absolute Gasteiger partial charge is 0.276 e. The van der Waals surface area contributed by atoms with Gasteiger partial charge in [0.05, 0.1) is 17.0 Å². The Morgan fingerprint density at radius 2 is 2.17 bits per heavy atom. The van der Waals surface area contributed by atoms with Crippen LogP contribution in [0.4, 0.5) is 5.69 Å². The number of hydrogen-bond donors (Lipinski definition) is 2. The van der Waals surface area contributed by atoms with Gasteiger partial charge in [0.1, 0.15) is 5.60 Å². The van der Waals surface area contributed by atoms with Crippen LogP contribution in [-0.4, -0.2) is 22.5 Å². The Hall–Kier alpha value is -2.51. The zero-order chi connectivity index (χ0) is 16.9. The molecule has 1 aromatic carbocycles. The summed E-state index contributed by atoms with van der Waals surface area (Å²) in [6.45, 7) is 1.66. The quantitative estimate of drug-likeness (QED) is 0.483. The van der Waals surface area contributed by atoms with E-state index >= 15 is 0 Å². The van der Waals surface area contributed by atoms with Gasteiger partial charge in [-0.25, -0.2) is 0 Å². The van der Waals surface area contributed by atoms with E-state index < -0.39 is 16.4 Å². The van der Waals surface area contributed by atoms with E-state index in [1.807, 2.05) is 10.8 Å². The number of rotatable bonds is 6. The Bertz CT molecular complexity index is 723. The van der Waals surface area contributed by atoms with E-state index in [4.69, 9.17) is 0 Å². The van der Waals surface area contributed by atoms with Crippen molar-refractivity contribution in [1.82, 2.24) is 5.32 Å². The van der Waals surface area contributed by atoms with Gasteiger partial charge in [0.2, 0.25) is 5.91 Å². The molecule has 1 atom stereocenters. The Morgan fingerprint density at radius 3 is 2.83 bits per heavy atom. The molecule has 23 heavy (non-hydrogen) atoms. The van der Waals surface area contributed by atoms with Gasteiger partial charge < -0.3 is 10.4 Å². The minimum absolute atomic E-state index is 0.0454. The number of para-hydroxylation sites is 1. The lowest BCUT2D eigenvalue weighted by molar-refractivity contribution is -0.385. The molecule has 2 N–H and O–H groups in total. The summed E-state index contributed by atoms with van der Waals surface area (Å²) in [5.74, 6) is -0.432. The van der Waals surface area contributed by atoms with Crippen molar-refractivity contribution in [3.8, 4) is 0 Å². The predicted octanol–water partition coefficient (Wildman–Crippen LogP) is 2.69. The van der Waals surface area contributed by atoms with Crippen LogP contribution >= 0.6 is 11.3 Å². The number of nitro benzene ring substituents is 1. The van der Waals surface area contributed by atoms with Gasteiger partial charge in [0.15, 0.2) is 0 Å². The van der Waals surface area contributed by atoms with E-state index in [-0.39, 0.29) is 12.2 Å². The monoisotopic (exact) mass is 332 g/mol. The van der Waals surface area contributed by atoms with Crippen molar-refractivity contribution >= 4 is 29.0 Å². The van der Waals surface area contributed by atoms with E-state index in [2.05, 4.69) is 5.32 Å². The Balaban J connectivity index is 1.99. The summed E-state index contributed by atoms with van der Waals surface area (Å²) in [6, 6.07) is 7.95. The number of nitrogens with one attached hydrogen (secondary N) is 1. The van der Waals surface area contributed by atoms with Crippen molar-refractivity contribution in [3.63, 3.8) is 0 Å². The normalized spacial score (nSPS) is 13.7. The number of nitro groups is 1. The molecule has 0 saturated heterocycles. The molecule has 1 amide bonds. The highest BCUT2D eigenvalue weighted by molar-refractivity contribution is 7.08. The standard InChI is InChI=1S/C16H16N2O4S/c1-16(20,13-8-9-23-10-13)11-17-15(19)7-6-12-4-2-3-5-14(12)18(21)22/h2-10,20H,11H2,1H3,(H,17,19)/b7-6+/t16-/m0/s1. The topological polar surface area (TPSA) is 92.5 Å². The zero-order valence-corrected chi connectivity index (χ0v) is 13.2. The van der Waals surface area contributed by atoms with Crippen LogP contribution in [0.25, 0.3) is 6.08 Å². The van der Waals surface area contributed by atoms with E-state index in [9.17, 15) is 20.0 Å². The summed E-state index contributed by atoms with van der Waals surface area (Å²) in [5, 5.41) is 27.4. The first-order valence-corrected chi connectivity index (χ1v) is 7.79. The van der Waals surface area contributed by atoms with Crippen LogP contribution in [-0.2, 0) is 10.4 Å². The third kappa shape index (κ3) is 4.48. The summed E-state index contributed by atoms with van der Waals surface area (Å²) in [7, 11) is 0. The number of amides is 1. The molecule has 0 aliphatic carbocycles. The maximum atomic E-state index is 11.8. The fourth-order valence-corrected chi connectivity index (χ4v) is 2.73. The Labute approximate surface area is 137 Å². The van der Waals surface area contributed by atoms with Crippen molar-refractivity contribution in [1.29, 1.82) is 0 Å². The minimum Gasteiger partial charge on any atom is -0.384 e. The number of aliphatic hydroxyl groups is 1. The summed E-state index contributed by atoms with van der Waals surface area (Å²) < 4.78 is 0. The van der Waals surface area contributed by atoms with E-state index in [1.54, 1.807) is 31.2 Å². The van der Waals surface area contributed by atoms with Gasteiger partial charge in [-0.2, -0.15) is 11.3 Å². The maximum Gasteiger partial charge on any atom is 0.276 e. The number of nitrogens with zero attached hydrogens (tertiary/aromatic N) is 1. The summed E-state index contributed by atoms with van der Waals surface area (Å²) >= 11 is 1.46. The average molecular weight is 332 g/mol. The number of thiophene rings is 1. The van der Waals surface area contributed by atoms with Crippen molar-refractivity contribution in [3.05, 3.63) is 68.4 Å². The fourth-order valence-electron chi connectivity index (χ4n) is 1.95. The molecule has 1 aromatic heterocycles. The molecule has 0 aliphatic heterocycles. The van der Waals surface area contributed by atoms with Crippen molar-refractivity contribution in [2.45, 2.75) is 12.5 Å². The number of benzene rings is 1. The molecule has 7 heteroatoms. The van der Waals surface area contributed by atoms with Gasteiger partial charge in [0.25, 0.3) is 5.69 Å². The lowest BCUT2D eigenvalue weighted by Gasteiger charge is -2.22. The second kappa shape index (κ2) is 7.17. The van der Waals surface area contributed by atoms with Crippen LogP contribution in [0.2, 0.25) is 0 Å². The zero-order valence-electron chi connectivity index (χ0n) is 12.4. The molecule has 0 spiro atoms. The van der Waals surface area contributed by atoms with Crippen LogP contribution in [0.15, 0.2) is 47.2 Å². The molecule has 0 unspecified atom stereocenters. The summed E-state index contributed by atoms with van der Waals surface area (Å²) in [4.78, 5) is 22.2. The summed E-state index contributed by atoms with van der Waals surface area (Å²) in [5.41, 5.74) is -0.160. The highest BCUT2D eigenvalue weighted by atomic mass is 32.1. The first-order valence-electron chi connectivity index (χ1n) is 6.84. The molecule has 0 radical (unpaired) electrons. The van der Waals surface area contributed by atoms with Gasteiger partial charge in [-0.1, -0.05) is 12.1 Å². The molecule has 0 bridgehead atoms. The molecule has 0 aliphatic rings. The average Bonchev–Trinajstić information content (AvgIpc) is 3.06. The van der Waals surface area contributed by atoms with Crippen LogP contribution in [0.3, 0.4) is 0 Å². The van der Waals surface area contributed by atoms with Crippen LogP contribution in [0.1, 0.15) is 18.1 Å². The second-order valence-corrected chi connectivity index (χ2v) is 5.93. The first kappa shape index (κ1) is 16.9. The third-order valence-corrected chi connectivity index (χ3v) is 3.98. The van der Waals surface area contributed by atoms with Gasteiger partial charge in [-0.15, -0.1) is 0 Å². The highest BCUT2D eigenvalue weighted by Gasteiger charge is 2.23. The van der Waals surface area contributed by atoms with E-state index in [1.165, 1.54) is 29.6 Å². The van der Waals surface area contributed by atoms with Crippen molar-refractivity contribution < 1.29 is 14.8 Å². The lowest BCUT2D eigenvalue weighted by atomic mass is 9.99. The van der Waals surface area contributed by atoms with Gasteiger partial charge in [0, 0.05) is 12.1 Å². The Kier molecular flexibility index (Phi) is 5.25. The SMILES string of the molecule is C[C@](O)(CNC(=O)/C=C/c1ccccc1[N+](=O)[O-])c1ccsc1. The minimum atomic E-state index is -1.16. The highest BCUT2D eigenvalue weighted by Crippen LogP contribution is 2.22. The van der Waals surface area contributed by atoms with E-state index in [0.29, 0.717) is 5.56 Å². The van der Waals surface area contributed by atoms with Crippen molar-refractivity contribution in [2.24, 2.45) is 0 Å². The number of carbonyl (C=O) groups excluding carboxylic acids is 1. The molecule has 6 nitrogen and oxygen atoms in total. The molecule has 0 saturated carbocycles.